The van der Waals surface area contributed by atoms with Crippen molar-refractivity contribution < 1.29 is 23.5 Å². The zero-order chi connectivity index (χ0) is 26.8. The highest BCUT2D eigenvalue weighted by molar-refractivity contribution is 6.00. The van der Waals surface area contributed by atoms with Crippen molar-refractivity contribution in [3.05, 3.63) is 84.2 Å². The number of fused-ring (bicyclic) bond motifs is 1. The van der Waals surface area contributed by atoms with Crippen LogP contribution in [0.25, 0.3) is 0 Å². The van der Waals surface area contributed by atoms with Crippen LogP contribution in [0.3, 0.4) is 0 Å². The van der Waals surface area contributed by atoms with E-state index in [4.69, 9.17) is 9.47 Å². The van der Waals surface area contributed by atoms with Gasteiger partial charge in [-0.05, 0) is 42.0 Å². The number of benzene rings is 3. The third-order valence-electron chi connectivity index (χ3n) is 7.76. The molecule has 8 nitrogen and oxygen atoms in total. The van der Waals surface area contributed by atoms with Crippen molar-refractivity contribution in [2.45, 2.75) is 12.5 Å². The molecule has 3 aliphatic rings. The van der Waals surface area contributed by atoms with E-state index in [-0.39, 0.29) is 36.9 Å². The summed E-state index contributed by atoms with van der Waals surface area (Å²) in [6.45, 7) is 3.67. The number of carbonyl (C=O) groups is 2. The molecule has 202 valence electrons. The second-order valence-electron chi connectivity index (χ2n) is 10.1. The number of hydrogen-bond donors (Lipinski definition) is 1. The van der Waals surface area contributed by atoms with Gasteiger partial charge in [-0.15, -0.1) is 0 Å². The molecule has 3 aromatic carbocycles. The lowest BCUT2D eigenvalue weighted by Gasteiger charge is -2.40. The molecule has 3 aromatic rings. The Bertz CT molecular complexity index is 1350. The number of nitrogens with one attached hydrogen (secondary N) is 1. The Labute approximate surface area is 226 Å². The maximum atomic E-state index is 14.4. The summed E-state index contributed by atoms with van der Waals surface area (Å²) in [6, 6.07) is 22.0. The van der Waals surface area contributed by atoms with Gasteiger partial charge in [0.2, 0.25) is 18.6 Å². The predicted octanol–water partition coefficient (Wildman–Crippen LogP) is 3.59. The number of anilines is 2. The quantitative estimate of drug-likeness (QED) is 0.504. The average Bonchev–Trinajstić information content (AvgIpc) is 3.60. The van der Waals surface area contributed by atoms with E-state index in [1.807, 2.05) is 60.7 Å². The minimum absolute atomic E-state index is 0.0436. The van der Waals surface area contributed by atoms with Gasteiger partial charge in [-0.1, -0.05) is 36.4 Å². The summed E-state index contributed by atoms with van der Waals surface area (Å²) >= 11 is 0. The summed E-state index contributed by atoms with van der Waals surface area (Å²) in [6.07, 6.45) is 0.191. The minimum Gasteiger partial charge on any atom is -0.454 e. The molecular weight excluding hydrogens is 499 g/mol. The summed E-state index contributed by atoms with van der Waals surface area (Å²) in [5, 5.41) is 3.13. The topological polar surface area (TPSA) is 74.4 Å². The molecule has 0 spiro atoms. The monoisotopic (exact) mass is 530 g/mol. The lowest BCUT2D eigenvalue weighted by Crippen LogP contribution is -2.50. The molecule has 6 rings (SSSR count). The Morgan fingerprint density at radius 1 is 0.949 bits per heavy atom. The molecule has 0 bridgehead atoms. The summed E-state index contributed by atoms with van der Waals surface area (Å²) in [7, 11) is 0. The first-order valence-corrected chi connectivity index (χ1v) is 13.3. The SMILES string of the molecule is O=C(NC[C@@H](c1ccc2c(c1)OCO2)N1CCN(c2ccccc2F)CC1)[C@H]1CC(=O)N(c2ccccc2)C1. The second-order valence-corrected chi connectivity index (χ2v) is 10.1. The molecule has 0 unspecified atom stereocenters. The van der Waals surface area contributed by atoms with E-state index in [1.54, 1.807) is 11.0 Å². The smallest absolute Gasteiger partial charge is 0.231 e. The maximum Gasteiger partial charge on any atom is 0.231 e. The van der Waals surface area contributed by atoms with Crippen molar-refractivity contribution in [3.8, 4) is 11.5 Å². The number of piperazine rings is 1. The number of carbonyl (C=O) groups excluding carboxylic acids is 2. The van der Waals surface area contributed by atoms with Crippen LogP contribution in [0.5, 0.6) is 11.5 Å². The van der Waals surface area contributed by atoms with E-state index in [9.17, 15) is 14.0 Å². The zero-order valence-electron chi connectivity index (χ0n) is 21.6. The van der Waals surface area contributed by atoms with Crippen molar-refractivity contribution in [2.24, 2.45) is 5.92 Å². The van der Waals surface area contributed by atoms with Crippen LogP contribution >= 0.6 is 0 Å². The molecular formula is C30H31FN4O4. The van der Waals surface area contributed by atoms with Gasteiger partial charge in [0.05, 0.1) is 17.6 Å². The van der Waals surface area contributed by atoms with Gasteiger partial charge in [-0.2, -0.15) is 0 Å². The fraction of sp³-hybridized carbons (Fsp3) is 0.333. The van der Waals surface area contributed by atoms with E-state index < -0.39 is 5.92 Å². The van der Waals surface area contributed by atoms with Crippen LogP contribution in [-0.4, -0.2) is 62.8 Å². The van der Waals surface area contributed by atoms with Crippen molar-refractivity contribution >= 4 is 23.2 Å². The van der Waals surface area contributed by atoms with Crippen molar-refractivity contribution in [2.75, 3.05) is 55.9 Å². The normalized spacial score (nSPS) is 19.8. The van der Waals surface area contributed by atoms with Crippen LogP contribution < -0.4 is 24.6 Å². The molecule has 39 heavy (non-hydrogen) atoms. The molecule has 3 aliphatic heterocycles. The summed E-state index contributed by atoms with van der Waals surface area (Å²) in [5.74, 6) is 0.592. The highest BCUT2D eigenvalue weighted by Crippen LogP contribution is 2.36. The first-order valence-electron chi connectivity index (χ1n) is 13.3. The Morgan fingerprint density at radius 3 is 2.49 bits per heavy atom. The number of hydrogen-bond acceptors (Lipinski definition) is 6. The Hall–Kier alpha value is -4.11. The number of para-hydroxylation sites is 2. The Kier molecular flexibility index (Phi) is 7.06. The molecule has 2 fully saturated rings. The average molecular weight is 531 g/mol. The standard InChI is InChI=1S/C30H31FN4O4/c31-24-8-4-5-9-25(24)33-12-14-34(15-13-33)26(21-10-11-27-28(16-21)39-20-38-27)18-32-30(37)22-17-29(36)35(19-22)23-6-2-1-3-7-23/h1-11,16,22,26H,12-15,17-20H2,(H,32,37)/t22-,26-/m0/s1. The maximum absolute atomic E-state index is 14.4. The van der Waals surface area contributed by atoms with E-state index >= 15 is 0 Å². The van der Waals surface area contributed by atoms with E-state index in [0.717, 1.165) is 11.3 Å². The van der Waals surface area contributed by atoms with Gasteiger partial charge in [0, 0.05) is 51.4 Å². The van der Waals surface area contributed by atoms with E-state index in [2.05, 4.69) is 15.1 Å². The Balaban J connectivity index is 1.15. The summed E-state index contributed by atoms with van der Waals surface area (Å²) < 4.78 is 25.5. The lowest BCUT2D eigenvalue weighted by atomic mass is 10.0. The van der Waals surface area contributed by atoms with Crippen molar-refractivity contribution in [1.82, 2.24) is 10.2 Å². The first kappa shape index (κ1) is 25.2. The van der Waals surface area contributed by atoms with Gasteiger partial charge in [-0.3, -0.25) is 14.5 Å². The molecule has 0 aliphatic carbocycles. The zero-order valence-corrected chi connectivity index (χ0v) is 21.6. The lowest BCUT2D eigenvalue weighted by molar-refractivity contribution is -0.126. The number of rotatable bonds is 7. The minimum atomic E-state index is -0.409. The number of amides is 2. The fourth-order valence-corrected chi connectivity index (χ4v) is 5.64. The molecule has 2 atom stereocenters. The van der Waals surface area contributed by atoms with Gasteiger partial charge >= 0.3 is 0 Å². The summed E-state index contributed by atoms with van der Waals surface area (Å²) in [4.78, 5) is 32.0. The van der Waals surface area contributed by atoms with Crippen LogP contribution in [0, 0.1) is 11.7 Å². The molecule has 2 saturated heterocycles. The third-order valence-corrected chi connectivity index (χ3v) is 7.76. The highest BCUT2D eigenvalue weighted by atomic mass is 19.1. The van der Waals surface area contributed by atoms with Gasteiger partial charge in [0.25, 0.3) is 0 Å². The highest BCUT2D eigenvalue weighted by Gasteiger charge is 2.36. The molecule has 0 saturated carbocycles. The molecule has 3 heterocycles. The Morgan fingerprint density at radius 2 is 1.69 bits per heavy atom. The molecule has 1 N–H and O–H groups in total. The van der Waals surface area contributed by atoms with Gasteiger partial charge < -0.3 is 24.6 Å². The van der Waals surface area contributed by atoms with Crippen LogP contribution in [0.1, 0.15) is 18.0 Å². The largest absolute Gasteiger partial charge is 0.454 e. The van der Waals surface area contributed by atoms with Gasteiger partial charge in [-0.25, -0.2) is 4.39 Å². The number of halogens is 1. The second kappa shape index (κ2) is 10.9. The molecule has 0 radical (unpaired) electrons. The molecule has 2 amide bonds. The fourth-order valence-electron chi connectivity index (χ4n) is 5.64. The van der Waals surface area contributed by atoms with Crippen molar-refractivity contribution in [3.63, 3.8) is 0 Å². The third kappa shape index (κ3) is 5.27. The van der Waals surface area contributed by atoms with Gasteiger partial charge in [0.15, 0.2) is 11.5 Å². The predicted molar refractivity (Wildman–Crippen MR) is 145 cm³/mol. The van der Waals surface area contributed by atoms with E-state index in [0.29, 0.717) is 56.5 Å². The number of ether oxygens (including phenoxy) is 2. The van der Waals surface area contributed by atoms with E-state index in [1.165, 1.54) is 6.07 Å². The summed E-state index contributed by atoms with van der Waals surface area (Å²) in [5.41, 5.74) is 2.43. The van der Waals surface area contributed by atoms with Crippen LogP contribution in [0.4, 0.5) is 15.8 Å². The van der Waals surface area contributed by atoms with Crippen molar-refractivity contribution in [1.29, 1.82) is 0 Å². The van der Waals surface area contributed by atoms with Crippen LogP contribution in [0.2, 0.25) is 0 Å². The van der Waals surface area contributed by atoms with Crippen LogP contribution in [0.15, 0.2) is 72.8 Å². The first-order chi connectivity index (χ1) is 19.1. The molecule has 0 aromatic heterocycles. The van der Waals surface area contributed by atoms with Crippen LogP contribution in [-0.2, 0) is 9.59 Å². The number of nitrogens with zero attached hydrogens (tertiary/aromatic N) is 3. The van der Waals surface area contributed by atoms with Gasteiger partial charge in [0.1, 0.15) is 5.82 Å². The molecule has 9 heteroatoms.